The van der Waals surface area contributed by atoms with Gasteiger partial charge in [0.15, 0.2) is 4.47 Å². The first-order chi connectivity index (χ1) is 7.41. The smallest absolute Gasteiger partial charge is 0.239 e. The maximum absolute atomic E-state index is 11.8. The third-order valence-electron chi connectivity index (χ3n) is 2.15. The number of nitrogens with two attached hydrogens (primary N) is 1. The molecule has 0 radical (unpaired) electrons. The van der Waals surface area contributed by atoms with Crippen molar-refractivity contribution in [2.24, 2.45) is 5.73 Å². The summed E-state index contributed by atoms with van der Waals surface area (Å²) < 4.78 is 0.493. The van der Waals surface area contributed by atoms with Crippen molar-refractivity contribution in [1.82, 2.24) is 9.88 Å². The van der Waals surface area contributed by atoms with Crippen molar-refractivity contribution in [3.8, 4) is 0 Å². The Bertz CT molecular complexity index is 365. The number of aromatic nitrogens is 1. The number of carbonyl (C=O) groups is 1. The summed E-state index contributed by atoms with van der Waals surface area (Å²) in [5.41, 5.74) is 5.60. The molecule has 1 atom stereocenters. The van der Waals surface area contributed by atoms with Crippen LogP contribution in [0.1, 0.15) is 25.6 Å². The second kappa shape index (κ2) is 5.61. The Hall–Kier alpha value is -0.650. The highest BCUT2D eigenvalue weighted by molar-refractivity contribution is 7.15. The second-order valence-corrected chi connectivity index (χ2v) is 5.63. The Morgan fingerprint density at radius 1 is 1.62 bits per heavy atom. The molecule has 6 heteroatoms. The van der Waals surface area contributed by atoms with Gasteiger partial charge in [-0.3, -0.25) is 4.79 Å². The normalized spacial score (nSPS) is 12.9. The van der Waals surface area contributed by atoms with Crippen LogP contribution in [0, 0.1) is 0 Å². The predicted molar refractivity (Wildman–Crippen MR) is 66.5 cm³/mol. The van der Waals surface area contributed by atoms with Gasteiger partial charge in [0.05, 0.1) is 12.6 Å². The lowest BCUT2D eigenvalue weighted by atomic mass is 10.2. The molecule has 1 aromatic heterocycles. The highest BCUT2D eigenvalue weighted by atomic mass is 35.5. The van der Waals surface area contributed by atoms with Crippen molar-refractivity contribution in [2.75, 3.05) is 0 Å². The first-order valence-corrected chi connectivity index (χ1v) is 6.27. The minimum absolute atomic E-state index is 0.0560. The van der Waals surface area contributed by atoms with Gasteiger partial charge >= 0.3 is 0 Å². The topological polar surface area (TPSA) is 59.2 Å². The number of amides is 1. The van der Waals surface area contributed by atoms with E-state index < -0.39 is 6.04 Å². The number of hydrogen-bond acceptors (Lipinski definition) is 4. The van der Waals surface area contributed by atoms with E-state index in [2.05, 4.69) is 4.98 Å². The van der Waals surface area contributed by atoms with Gasteiger partial charge in [-0.2, -0.15) is 0 Å². The molecule has 0 aliphatic rings. The fourth-order valence-electron chi connectivity index (χ4n) is 1.30. The standard InChI is InChI=1S/C10H16ClN3OS/c1-6(2)14(9(15)7(3)12)5-8-4-13-10(11)16-8/h4,6-7H,5,12H2,1-3H3. The van der Waals surface area contributed by atoms with Crippen molar-refractivity contribution in [3.05, 3.63) is 15.5 Å². The molecule has 1 aromatic rings. The molecule has 0 aliphatic heterocycles. The molecule has 0 fully saturated rings. The van der Waals surface area contributed by atoms with E-state index in [1.54, 1.807) is 18.0 Å². The van der Waals surface area contributed by atoms with Crippen LogP contribution in [0.4, 0.5) is 0 Å². The van der Waals surface area contributed by atoms with Gasteiger partial charge in [-0.1, -0.05) is 11.6 Å². The summed E-state index contributed by atoms with van der Waals surface area (Å²) in [5, 5.41) is 0. The van der Waals surface area contributed by atoms with Gasteiger partial charge in [0.1, 0.15) is 0 Å². The summed E-state index contributed by atoms with van der Waals surface area (Å²) in [5.74, 6) is -0.0560. The largest absolute Gasteiger partial charge is 0.334 e. The zero-order valence-corrected chi connectivity index (χ0v) is 11.2. The molecule has 0 spiro atoms. The van der Waals surface area contributed by atoms with Crippen LogP contribution in [0.3, 0.4) is 0 Å². The fraction of sp³-hybridized carbons (Fsp3) is 0.600. The van der Waals surface area contributed by atoms with E-state index in [1.165, 1.54) is 11.3 Å². The SMILES string of the molecule is CC(N)C(=O)N(Cc1cnc(Cl)s1)C(C)C. The van der Waals surface area contributed by atoms with E-state index in [-0.39, 0.29) is 11.9 Å². The second-order valence-electron chi connectivity index (χ2n) is 3.93. The van der Waals surface area contributed by atoms with E-state index in [0.29, 0.717) is 11.0 Å². The van der Waals surface area contributed by atoms with Gasteiger partial charge in [-0.05, 0) is 20.8 Å². The lowest BCUT2D eigenvalue weighted by Crippen LogP contribution is -2.44. The monoisotopic (exact) mass is 261 g/mol. The summed E-state index contributed by atoms with van der Waals surface area (Å²) >= 11 is 7.13. The zero-order valence-electron chi connectivity index (χ0n) is 9.61. The Kier molecular flexibility index (Phi) is 4.70. The quantitative estimate of drug-likeness (QED) is 0.900. The Balaban J connectivity index is 2.76. The highest BCUT2D eigenvalue weighted by Gasteiger charge is 2.21. The molecular weight excluding hydrogens is 246 g/mol. The molecule has 2 N–H and O–H groups in total. The molecule has 0 saturated heterocycles. The third-order valence-corrected chi connectivity index (χ3v) is 3.25. The van der Waals surface area contributed by atoms with Gasteiger partial charge in [0.25, 0.3) is 0 Å². The summed E-state index contributed by atoms with van der Waals surface area (Å²) in [4.78, 5) is 18.5. The molecule has 1 rings (SSSR count). The van der Waals surface area contributed by atoms with E-state index in [1.807, 2.05) is 13.8 Å². The first kappa shape index (κ1) is 13.4. The molecule has 4 nitrogen and oxygen atoms in total. The predicted octanol–water partition coefficient (Wildman–Crippen LogP) is 1.88. The van der Waals surface area contributed by atoms with Gasteiger partial charge in [-0.25, -0.2) is 4.98 Å². The zero-order chi connectivity index (χ0) is 12.3. The minimum Gasteiger partial charge on any atom is -0.334 e. The number of thiazole rings is 1. The lowest BCUT2D eigenvalue weighted by molar-refractivity contribution is -0.134. The fourth-order valence-corrected chi connectivity index (χ4v) is 2.28. The molecule has 0 aromatic carbocycles. The van der Waals surface area contributed by atoms with Crippen molar-refractivity contribution >= 4 is 28.8 Å². The number of nitrogens with zero attached hydrogens (tertiary/aromatic N) is 2. The van der Waals surface area contributed by atoms with Gasteiger partial charge < -0.3 is 10.6 Å². The van der Waals surface area contributed by atoms with Crippen LogP contribution in [0.15, 0.2) is 6.20 Å². The van der Waals surface area contributed by atoms with Crippen LogP contribution in [0.2, 0.25) is 4.47 Å². The summed E-state index contributed by atoms with van der Waals surface area (Å²) in [7, 11) is 0. The Morgan fingerprint density at radius 3 is 2.62 bits per heavy atom. The van der Waals surface area contributed by atoms with Crippen molar-refractivity contribution in [2.45, 2.75) is 39.4 Å². The number of rotatable bonds is 4. The molecule has 16 heavy (non-hydrogen) atoms. The molecule has 0 saturated carbocycles. The van der Waals surface area contributed by atoms with Crippen LogP contribution in [0.5, 0.6) is 0 Å². The average molecular weight is 262 g/mol. The Morgan fingerprint density at radius 2 is 2.25 bits per heavy atom. The van der Waals surface area contributed by atoms with Gasteiger partial charge in [0, 0.05) is 17.1 Å². The maximum Gasteiger partial charge on any atom is 0.239 e. The van der Waals surface area contributed by atoms with Gasteiger partial charge in [-0.15, -0.1) is 11.3 Å². The minimum atomic E-state index is -0.481. The molecule has 0 bridgehead atoms. The number of hydrogen-bond donors (Lipinski definition) is 1. The van der Waals surface area contributed by atoms with E-state index in [9.17, 15) is 4.79 Å². The van der Waals surface area contributed by atoms with Crippen LogP contribution in [0.25, 0.3) is 0 Å². The van der Waals surface area contributed by atoms with Crippen LogP contribution < -0.4 is 5.73 Å². The van der Waals surface area contributed by atoms with Crippen molar-refractivity contribution < 1.29 is 4.79 Å². The van der Waals surface area contributed by atoms with Gasteiger partial charge in [0.2, 0.25) is 5.91 Å². The number of carbonyl (C=O) groups excluding carboxylic acids is 1. The molecule has 0 aliphatic carbocycles. The Labute approximate surface area is 104 Å². The summed E-state index contributed by atoms with van der Waals surface area (Å²) in [6, 6.07) is -0.370. The van der Waals surface area contributed by atoms with Crippen molar-refractivity contribution in [3.63, 3.8) is 0 Å². The average Bonchev–Trinajstić information content (AvgIpc) is 2.59. The summed E-state index contributed by atoms with van der Waals surface area (Å²) in [6.07, 6.45) is 1.69. The maximum atomic E-state index is 11.8. The molecular formula is C10H16ClN3OS. The van der Waals surface area contributed by atoms with E-state index in [0.717, 1.165) is 4.88 Å². The van der Waals surface area contributed by atoms with Crippen LogP contribution in [-0.4, -0.2) is 27.9 Å². The summed E-state index contributed by atoms with van der Waals surface area (Å²) in [6.45, 7) is 6.13. The first-order valence-electron chi connectivity index (χ1n) is 5.08. The lowest BCUT2D eigenvalue weighted by Gasteiger charge is -2.27. The van der Waals surface area contributed by atoms with Crippen LogP contribution >= 0.6 is 22.9 Å². The molecule has 1 unspecified atom stereocenters. The molecule has 1 heterocycles. The van der Waals surface area contributed by atoms with Crippen LogP contribution in [-0.2, 0) is 11.3 Å². The van der Waals surface area contributed by atoms with E-state index >= 15 is 0 Å². The highest BCUT2D eigenvalue weighted by Crippen LogP contribution is 2.20. The molecule has 90 valence electrons. The number of halogens is 1. The third kappa shape index (κ3) is 3.43. The molecule has 1 amide bonds. The van der Waals surface area contributed by atoms with Crippen molar-refractivity contribution in [1.29, 1.82) is 0 Å². The van der Waals surface area contributed by atoms with E-state index in [4.69, 9.17) is 17.3 Å².